The van der Waals surface area contributed by atoms with Crippen molar-refractivity contribution in [2.24, 2.45) is 7.05 Å². The van der Waals surface area contributed by atoms with E-state index < -0.39 is 16.0 Å². The second-order valence-electron chi connectivity index (χ2n) is 4.91. The first-order chi connectivity index (χ1) is 9.87. The number of hydrogen-bond acceptors (Lipinski definition) is 6. The van der Waals surface area contributed by atoms with Gasteiger partial charge in [0.2, 0.25) is 0 Å². The Balaban J connectivity index is 2.36. The van der Waals surface area contributed by atoms with E-state index in [2.05, 4.69) is 10.00 Å². The number of carbonyl (C=O) groups is 1. The van der Waals surface area contributed by atoms with Crippen LogP contribution < -0.4 is 0 Å². The molecular formula is C12H20N4O4S. The minimum Gasteiger partial charge on any atom is -0.462 e. The molecule has 0 saturated carbocycles. The van der Waals surface area contributed by atoms with E-state index in [9.17, 15) is 13.2 Å². The Bertz CT molecular complexity index is 617. The average Bonchev–Trinajstić information content (AvgIpc) is 2.82. The van der Waals surface area contributed by atoms with E-state index in [1.54, 1.807) is 6.92 Å². The number of esters is 1. The van der Waals surface area contributed by atoms with Gasteiger partial charge in [-0.15, -0.1) is 0 Å². The van der Waals surface area contributed by atoms with Crippen LogP contribution in [0.15, 0.2) is 11.2 Å². The lowest BCUT2D eigenvalue weighted by Gasteiger charge is -2.31. The SMILES string of the molecule is CCOC(=O)c1cnn(C)c1S(=O)(=O)N1CCN(C)CC1. The van der Waals surface area contributed by atoms with Crippen molar-refractivity contribution in [2.45, 2.75) is 11.9 Å². The Kier molecular flexibility index (Phi) is 4.64. The number of hydrogen-bond donors (Lipinski definition) is 0. The number of sulfonamides is 1. The zero-order chi connectivity index (χ0) is 15.6. The maximum atomic E-state index is 12.7. The highest BCUT2D eigenvalue weighted by atomic mass is 32.2. The summed E-state index contributed by atoms with van der Waals surface area (Å²) in [5.41, 5.74) is -0.0155. The van der Waals surface area contributed by atoms with Crippen LogP contribution in [0.25, 0.3) is 0 Å². The van der Waals surface area contributed by atoms with Crippen LogP contribution in [0, 0.1) is 0 Å². The number of carbonyl (C=O) groups excluding carboxylic acids is 1. The molecule has 9 heteroatoms. The summed E-state index contributed by atoms with van der Waals surface area (Å²) < 4.78 is 33.0. The summed E-state index contributed by atoms with van der Waals surface area (Å²) in [6.07, 6.45) is 1.24. The number of rotatable bonds is 4. The largest absolute Gasteiger partial charge is 0.462 e. The number of aryl methyl sites for hydroxylation is 1. The van der Waals surface area contributed by atoms with E-state index in [0.717, 1.165) is 0 Å². The Morgan fingerprint density at radius 3 is 2.48 bits per heavy atom. The zero-order valence-corrected chi connectivity index (χ0v) is 13.3. The summed E-state index contributed by atoms with van der Waals surface area (Å²) in [6.45, 7) is 3.96. The summed E-state index contributed by atoms with van der Waals surface area (Å²) in [6, 6.07) is 0. The quantitative estimate of drug-likeness (QED) is 0.699. The predicted octanol–water partition coefficient (Wildman–Crippen LogP) is -0.467. The number of aromatic nitrogens is 2. The van der Waals surface area contributed by atoms with Crippen LogP contribution in [-0.2, 0) is 21.8 Å². The molecule has 21 heavy (non-hydrogen) atoms. The van der Waals surface area contributed by atoms with Crippen molar-refractivity contribution < 1.29 is 17.9 Å². The fourth-order valence-corrected chi connectivity index (χ4v) is 3.92. The number of likely N-dealkylation sites (N-methyl/N-ethyl adjacent to an activating group) is 1. The summed E-state index contributed by atoms with van der Waals surface area (Å²) in [5, 5.41) is 3.79. The summed E-state index contributed by atoms with van der Waals surface area (Å²) in [7, 11) is -0.312. The van der Waals surface area contributed by atoms with Gasteiger partial charge in [0.25, 0.3) is 10.0 Å². The van der Waals surface area contributed by atoms with Gasteiger partial charge >= 0.3 is 5.97 Å². The molecule has 0 bridgehead atoms. The van der Waals surface area contributed by atoms with Crippen LogP contribution in [0.3, 0.4) is 0 Å². The van der Waals surface area contributed by atoms with Gasteiger partial charge in [-0.2, -0.15) is 9.40 Å². The first kappa shape index (κ1) is 15.9. The van der Waals surface area contributed by atoms with Gasteiger partial charge in [0.1, 0.15) is 5.56 Å². The van der Waals surface area contributed by atoms with E-state index in [1.165, 1.54) is 22.2 Å². The van der Waals surface area contributed by atoms with Gasteiger partial charge in [-0.05, 0) is 14.0 Å². The fourth-order valence-electron chi connectivity index (χ4n) is 2.23. The van der Waals surface area contributed by atoms with Crippen molar-refractivity contribution in [2.75, 3.05) is 39.8 Å². The number of piperazine rings is 1. The van der Waals surface area contributed by atoms with Crippen molar-refractivity contribution >= 4 is 16.0 Å². The third-order valence-electron chi connectivity index (χ3n) is 3.43. The molecule has 2 rings (SSSR count). The lowest BCUT2D eigenvalue weighted by Crippen LogP contribution is -2.47. The van der Waals surface area contributed by atoms with Gasteiger partial charge in [0.15, 0.2) is 5.03 Å². The third kappa shape index (κ3) is 3.09. The normalized spacial score (nSPS) is 17.9. The lowest BCUT2D eigenvalue weighted by atomic mass is 10.4. The van der Waals surface area contributed by atoms with Crippen LogP contribution in [0.1, 0.15) is 17.3 Å². The molecule has 0 amide bonds. The Hall–Kier alpha value is -1.45. The van der Waals surface area contributed by atoms with E-state index in [4.69, 9.17) is 4.74 Å². The van der Waals surface area contributed by atoms with Gasteiger partial charge in [-0.1, -0.05) is 0 Å². The van der Waals surface area contributed by atoms with E-state index in [0.29, 0.717) is 26.2 Å². The Morgan fingerprint density at radius 1 is 1.29 bits per heavy atom. The molecule has 0 unspecified atom stereocenters. The van der Waals surface area contributed by atoms with Crippen molar-refractivity contribution in [3.05, 3.63) is 11.8 Å². The Labute approximate surface area is 124 Å². The third-order valence-corrected chi connectivity index (χ3v) is 5.44. The van der Waals surface area contributed by atoms with Crippen LogP contribution >= 0.6 is 0 Å². The van der Waals surface area contributed by atoms with Crippen molar-refractivity contribution in [3.8, 4) is 0 Å². The second kappa shape index (κ2) is 6.12. The molecular weight excluding hydrogens is 296 g/mol. The van der Waals surface area contributed by atoms with Gasteiger partial charge < -0.3 is 9.64 Å². The van der Waals surface area contributed by atoms with Crippen molar-refractivity contribution in [1.29, 1.82) is 0 Å². The monoisotopic (exact) mass is 316 g/mol. The highest BCUT2D eigenvalue weighted by Crippen LogP contribution is 2.21. The first-order valence-corrected chi connectivity index (χ1v) is 8.19. The van der Waals surface area contributed by atoms with Crippen LogP contribution in [0.5, 0.6) is 0 Å². The Morgan fingerprint density at radius 2 is 1.90 bits per heavy atom. The summed E-state index contributed by atoms with van der Waals surface area (Å²) in [4.78, 5) is 14.0. The second-order valence-corrected chi connectivity index (χ2v) is 6.77. The minimum atomic E-state index is -3.76. The van der Waals surface area contributed by atoms with Crippen LogP contribution in [0.4, 0.5) is 0 Å². The van der Waals surface area contributed by atoms with Crippen molar-refractivity contribution in [3.63, 3.8) is 0 Å². The van der Waals surface area contributed by atoms with Crippen LogP contribution in [0.2, 0.25) is 0 Å². The van der Waals surface area contributed by atoms with Crippen molar-refractivity contribution in [1.82, 2.24) is 19.0 Å². The predicted molar refractivity (Wildman–Crippen MR) is 75.4 cm³/mol. The lowest BCUT2D eigenvalue weighted by molar-refractivity contribution is 0.0521. The molecule has 1 aliphatic heterocycles. The van der Waals surface area contributed by atoms with Gasteiger partial charge in [0.05, 0.1) is 12.8 Å². The molecule has 1 aromatic heterocycles. The standard InChI is InChI=1S/C12H20N4O4S/c1-4-20-12(17)10-9-13-15(3)11(10)21(18,19)16-7-5-14(2)6-8-16/h9H,4-8H2,1-3H3. The topological polar surface area (TPSA) is 84.7 Å². The molecule has 2 heterocycles. The average molecular weight is 316 g/mol. The van der Waals surface area contributed by atoms with Crippen LogP contribution in [-0.4, -0.2) is 73.2 Å². The molecule has 0 radical (unpaired) electrons. The number of nitrogens with zero attached hydrogens (tertiary/aromatic N) is 4. The molecule has 118 valence electrons. The minimum absolute atomic E-state index is 0.0155. The smallest absolute Gasteiger partial charge is 0.342 e. The van der Waals surface area contributed by atoms with E-state index in [1.807, 2.05) is 7.05 Å². The van der Waals surface area contributed by atoms with Gasteiger partial charge in [-0.3, -0.25) is 4.68 Å². The zero-order valence-electron chi connectivity index (χ0n) is 12.4. The molecule has 0 aliphatic carbocycles. The highest BCUT2D eigenvalue weighted by Gasteiger charge is 2.34. The first-order valence-electron chi connectivity index (χ1n) is 6.75. The molecule has 0 spiro atoms. The molecule has 1 aromatic rings. The molecule has 1 fully saturated rings. The molecule has 1 aliphatic rings. The summed E-state index contributed by atoms with van der Waals surface area (Å²) >= 11 is 0. The molecule has 0 atom stereocenters. The maximum Gasteiger partial charge on any atom is 0.342 e. The molecule has 0 aromatic carbocycles. The molecule has 8 nitrogen and oxygen atoms in total. The van der Waals surface area contributed by atoms with E-state index in [-0.39, 0.29) is 17.2 Å². The van der Waals surface area contributed by atoms with Gasteiger partial charge in [-0.25, -0.2) is 13.2 Å². The highest BCUT2D eigenvalue weighted by molar-refractivity contribution is 7.89. The fraction of sp³-hybridized carbons (Fsp3) is 0.667. The maximum absolute atomic E-state index is 12.7. The summed E-state index contributed by atoms with van der Waals surface area (Å²) in [5.74, 6) is -0.668. The molecule has 0 N–H and O–H groups in total. The number of ether oxygens (including phenoxy) is 1. The molecule has 1 saturated heterocycles. The van der Waals surface area contributed by atoms with E-state index >= 15 is 0 Å². The van der Waals surface area contributed by atoms with Gasteiger partial charge in [0, 0.05) is 33.2 Å².